The highest BCUT2D eigenvalue weighted by Crippen LogP contribution is 2.24. The number of hydrogen-bond acceptors (Lipinski definition) is 6. The fourth-order valence-corrected chi connectivity index (χ4v) is 5.98. The first-order valence-corrected chi connectivity index (χ1v) is 13.6. The molecule has 0 saturated carbocycles. The van der Waals surface area contributed by atoms with Gasteiger partial charge in [0.1, 0.15) is 4.90 Å². The molecule has 0 bridgehead atoms. The van der Waals surface area contributed by atoms with Crippen LogP contribution in [0.25, 0.3) is 10.9 Å². The number of carbonyl (C=O) groups excluding carboxylic acids is 1. The summed E-state index contributed by atoms with van der Waals surface area (Å²) in [4.78, 5) is 21.6. The van der Waals surface area contributed by atoms with E-state index in [-0.39, 0.29) is 10.8 Å². The summed E-state index contributed by atoms with van der Waals surface area (Å²) in [5.74, 6) is -0.0359. The molecule has 2 aliphatic rings. The van der Waals surface area contributed by atoms with Crippen molar-refractivity contribution < 1.29 is 17.9 Å². The number of piperazine rings is 1. The number of ether oxygens (including phenoxy) is 1. The van der Waals surface area contributed by atoms with Crippen LogP contribution in [0.3, 0.4) is 0 Å². The van der Waals surface area contributed by atoms with Gasteiger partial charge in [0.25, 0.3) is 15.9 Å². The van der Waals surface area contributed by atoms with Crippen LogP contribution in [-0.2, 0) is 14.8 Å². The summed E-state index contributed by atoms with van der Waals surface area (Å²) < 4.78 is 34.5. The average molecular weight is 495 g/mol. The third-order valence-electron chi connectivity index (χ3n) is 6.66. The zero-order valence-electron chi connectivity index (χ0n) is 19.6. The Balaban J connectivity index is 1.20. The highest BCUT2D eigenvalue weighted by Gasteiger charge is 2.25. The standard InChI is InChI=1S/C26H30N4O4S/c31-26(30-16-14-29(15-17-30)19-23-7-1-2-18-34-23)21-9-11-22(12-10-21)28-35(32,33)24-8-3-5-20-6-4-13-27-25(20)24/h3-6,8-13,23,28H,1-2,7,14-19H2/t23-/m1/s1. The quantitative estimate of drug-likeness (QED) is 0.565. The SMILES string of the molecule is O=C(c1ccc(NS(=O)(=O)c2cccc3cccnc23)cc1)N1CCN(C[C@H]2CCCCO2)CC1. The molecular weight excluding hydrogens is 464 g/mol. The van der Waals surface area contributed by atoms with Crippen LogP contribution in [0.2, 0.25) is 0 Å². The predicted octanol–water partition coefficient (Wildman–Crippen LogP) is 3.36. The van der Waals surface area contributed by atoms with Crippen LogP contribution in [0.1, 0.15) is 29.6 Å². The van der Waals surface area contributed by atoms with Crippen molar-refractivity contribution >= 4 is 32.5 Å². The third-order valence-corrected chi connectivity index (χ3v) is 8.08. The van der Waals surface area contributed by atoms with E-state index < -0.39 is 10.0 Å². The van der Waals surface area contributed by atoms with Crippen molar-refractivity contribution in [2.24, 2.45) is 0 Å². The zero-order valence-corrected chi connectivity index (χ0v) is 20.4. The molecule has 2 aliphatic heterocycles. The fourth-order valence-electron chi connectivity index (χ4n) is 4.74. The van der Waals surface area contributed by atoms with Gasteiger partial charge in [0.15, 0.2) is 0 Å². The Morgan fingerprint density at radius 3 is 2.51 bits per heavy atom. The first-order valence-electron chi connectivity index (χ1n) is 12.1. The minimum Gasteiger partial charge on any atom is -0.377 e. The Morgan fingerprint density at radius 2 is 1.77 bits per heavy atom. The van der Waals surface area contributed by atoms with Crippen LogP contribution in [0.5, 0.6) is 0 Å². The van der Waals surface area contributed by atoms with Crippen molar-refractivity contribution in [2.75, 3.05) is 44.1 Å². The van der Waals surface area contributed by atoms with E-state index in [0.717, 1.165) is 44.5 Å². The highest BCUT2D eigenvalue weighted by atomic mass is 32.2. The molecule has 2 fully saturated rings. The second kappa shape index (κ2) is 10.3. The molecule has 8 nitrogen and oxygen atoms in total. The summed E-state index contributed by atoms with van der Waals surface area (Å²) in [6, 6.07) is 15.2. The molecule has 0 radical (unpaired) electrons. The van der Waals surface area contributed by atoms with E-state index in [0.29, 0.717) is 36.0 Å². The van der Waals surface area contributed by atoms with Crippen molar-refractivity contribution in [1.29, 1.82) is 0 Å². The van der Waals surface area contributed by atoms with Crippen LogP contribution >= 0.6 is 0 Å². The van der Waals surface area contributed by atoms with Gasteiger partial charge in [-0.1, -0.05) is 18.2 Å². The van der Waals surface area contributed by atoms with E-state index in [2.05, 4.69) is 14.6 Å². The van der Waals surface area contributed by atoms with Gasteiger partial charge in [0.2, 0.25) is 0 Å². The summed E-state index contributed by atoms with van der Waals surface area (Å²) in [5, 5.41) is 0.752. The number of rotatable bonds is 6. The number of hydrogen-bond donors (Lipinski definition) is 1. The van der Waals surface area contributed by atoms with Gasteiger partial charge < -0.3 is 9.64 Å². The van der Waals surface area contributed by atoms with Gasteiger partial charge in [-0.15, -0.1) is 0 Å². The largest absolute Gasteiger partial charge is 0.377 e. The summed E-state index contributed by atoms with van der Waals surface area (Å²) in [5.41, 5.74) is 1.36. The van der Waals surface area contributed by atoms with Gasteiger partial charge in [-0.2, -0.15) is 0 Å². The second-order valence-electron chi connectivity index (χ2n) is 9.10. The average Bonchev–Trinajstić information content (AvgIpc) is 2.89. The van der Waals surface area contributed by atoms with Crippen molar-refractivity contribution in [3.63, 3.8) is 0 Å². The maximum Gasteiger partial charge on any atom is 0.264 e. The number of para-hydroxylation sites is 1. The number of nitrogens with zero attached hydrogens (tertiary/aromatic N) is 3. The lowest BCUT2D eigenvalue weighted by atomic mass is 10.1. The minimum atomic E-state index is -3.84. The molecule has 0 spiro atoms. The van der Waals surface area contributed by atoms with Crippen molar-refractivity contribution in [3.05, 3.63) is 66.4 Å². The molecule has 9 heteroatoms. The van der Waals surface area contributed by atoms with Gasteiger partial charge >= 0.3 is 0 Å². The van der Waals surface area contributed by atoms with E-state index in [4.69, 9.17) is 4.74 Å². The molecule has 1 aromatic heterocycles. The van der Waals surface area contributed by atoms with Crippen molar-refractivity contribution in [1.82, 2.24) is 14.8 Å². The number of anilines is 1. The normalized spacial score (nSPS) is 19.5. The summed E-state index contributed by atoms with van der Waals surface area (Å²) in [6.45, 7) is 4.81. The molecule has 3 heterocycles. The van der Waals surface area contributed by atoms with Crippen LogP contribution < -0.4 is 4.72 Å². The monoisotopic (exact) mass is 494 g/mol. The minimum absolute atomic E-state index is 0.0359. The number of fused-ring (bicyclic) bond motifs is 1. The van der Waals surface area contributed by atoms with Gasteiger partial charge in [0, 0.05) is 62.2 Å². The van der Waals surface area contributed by atoms with E-state index >= 15 is 0 Å². The van der Waals surface area contributed by atoms with E-state index in [9.17, 15) is 13.2 Å². The maximum absolute atomic E-state index is 13.0. The lowest BCUT2D eigenvalue weighted by Gasteiger charge is -2.37. The van der Waals surface area contributed by atoms with Gasteiger partial charge in [-0.25, -0.2) is 8.42 Å². The summed E-state index contributed by atoms with van der Waals surface area (Å²) >= 11 is 0. The second-order valence-corrected chi connectivity index (χ2v) is 10.7. The van der Waals surface area contributed by atoms with Crippen LogP contribution in [0.4, 0.5) is 5.69 Å². The van der Waals surface area contributed by atoms with Gasteiger partial charge in [0.05, 0.1) is 11.6 Å². The predicted molar refractivity (Wildman–Crippen MR) is 135 cm³/mol. The van der Waals surface area contributed by atoms with Crippen LogP contribution in [-0.4, -0.2) is 74.5 Å². The number of amides is 1. The van der Waals surface area contributed by atoms with E-state index in [1.807, 2.05) is 17.0 Å². The number of sulfonamides is 1. The lowest BCUT2D eigenvalue weighted by molar-refractivity contribution is -0.0130. The Kier molecular flexibility index (Phi) is 6.99. The van der Waals surface area contributed by atoms with E-state index in [1.54, 1.807) is 42.6 Å². The number of nitrogens with one attached hydrogen (secondary N) is 1. The molecule has 3 aromatic rings. The fraction of sp³-hybridized carbons (Fsp3) is 0.385. The molecule has 5 rings (SSSR count). The zero-order chi connectivity index (χ0) is 24.3. The first kappa shape index (κ1) is 23.7. The summed E-state index contributed by atoms with van der Waals surface area (Å²) in [7, 11) is -3.84. The van der Waals surface area contributed by atoms with Crippen molar-refractivity contribution in [3.8, 4) is 0 Å². The molecule has 2 saturated heterocycles. The third kappa shape index (κ3) is 5.47. The number of benzene rings is 2. The molecule has 0 aliphatic carbocycles. The number of pyridine rings is 1. The lowest BCUT2D eigenvalue weighted by Crippen LogP contribution is -2.50. The molecule has 1 N–H and O–H groups in total. The molecule has 2 aromatic carbocycles. The first-order chi connectivity index (χ1) is 17.0. The Bertz CT molecular complexity index is 1280. The van der Waals surface area contributed by atoms with Crippen LogP contribution in [0.15, 0.2) is 65.7 Å². The Hall–Kier alpha value is -3.01. The molecule has 1 amide bonds. The van der Waals surface area contributed by atoms with Crippen LogP contribution in [0, 0.1) is 0 Å². The number of aromatic nitrogens is 1. The topological polar surface area (TPSA) is 91.8 Å². The molecule has 35 heavy (non-hydrogen) atoms. The molecular formula is C26H30N4O4S. The van der Waals surface area contributed by atoms with E-state index in [1.165, 1.54) is 12.5 Å². The Labute approximate surface area is 205 Å². The van der Waals surface area contributed by atoms with Gasteiger partial charge in [-0.05, 0) is 55.7 Å². The van der Waals surface area contributed by atoms with Crippen molar-refractivity contribution in [2.45, 2.75) is 30.3 Å². The highest BCUT2D eigenvalue weighted by molar-refractivity contribution is 7.93. The van der Waals surface area contributed by atoms with Gasteiger partial charge in [-0.3, -0.25) is 19.4 Å². The Morgan fingerprint density at radius 1 is 1.00 bits per heavy atom. The maximum atomic E-state index is 13.0. The molecule has 184 valence electrons. The summed E-state index contributed by atoms with van der Waals surface area (Å²) in [6.07, 6.45) is 5.39. The molecule has 0 unspecified atom stereocenters. The smallest absolute Gasteiger partial charge is 0.264 e. The number of carbonyl (C=O) groups is 1. The molecule has 1 atom stereocenters.